The van der Waals surface area contributed by atoms with Gasteiger partial charge in [-0.3, -0.25) is 4.79 Å². The van der Waals surface area contributed by atoms with Crippen molar-refractivity contribution in [3.05, 3.63) is 64.6 Å². The Bertz CT molecular complexity index is 779. The first kappa shape index (κ1) is 18.6. The molecule has 2 aromatic rings. The molecule has 24 heavy (non-hydrogen) atoms. The number of carbonyl (C=O) groups excluding carboxylic acids is 1. The molecular weight excluding hydrogens is 392 g/mol. The van der Waals surface area contributed by atoms with Crippen LogP contribution < -0.4 is 10.0 Å². The minimum absolute atomic E-state index is 0.107. The Balaban J connectivity index is 1.71. The average molecular weight is 411 g/mol. The van der Waals surface area contributed by atoms with Crippen LogP contribution in [-0.2, 0) is 21.2 Å². The van der Waals surface area contributed by atoms with E-state index in [-0.39, 0.29) is 23.9 Å². The van der Waals surface area contributed by atoms with E-state index in [1.807, 2.05) is 24.3 Å². The number of rotatable bonds is 8. The van der Waals surface area contributed by atoms with Crippen LogP contribution in [0.15, 0.2) is 64.0 Å². The highest BCUT2D eigenvalue weighted by atomic mass is 79.9. The molecule has 0 heterocycles. The molecule has 5 nitrogen and oxygen atoms in total. The van der Waals surface area contributed by atoms with Gasteiger partial charge in [0.15, 0.2) is 0 Å². The van der Waals surface area contributed by atoms with Gasteiger partial charge in [0.25, 0.3) is 0 Å². The van der Waals surface area contributed by atoms with Gasteiger partial charge in [-0.15, -0.1) is 0 Å². The molecule has 128 valence electrons. The van der Waals surface area contributed by atoms with Crippen molar-refractivity contribution in [1.82, 2.24) is 10.0 Å². The van der Waals surface area contributed by atoms with Gasteiger partial charge in [0, 0.05) is 24.0 Å². The summed E-state index contributed by atoms with van der Waals surface area (Å²) in [6, 6.07) is 15.9. The molecule has 0 aliphatic rings. The summed E-state index contributed by atoms with van der Waals surface area (Å²) < 4.78 is 27.4. The summed E-state index contributed by atoms with van der Waals surface area (Å²) in [7, 11) is -3.53. The standard InChI is InChI=1S/C17H19BrN2O3S/c18-16-9-5-4-6-14(16)10-11-17(21)19-12-13-20-24(22,23)15-7-2-1-3-8-15/h1-9,20H,10-13H2,(H,19,21). The fraction of sp³-hybridized carbons (Fsp3) is 0.235. The van der Waals surface area contributed by atoms with E-state index in [1.54, 1.807) is 18.2 Å². The molecular formula is C17H19BrN2O3S. The predicted molar refractivity (Wildman–Crippen MR) is 97.1 cm³/mol. The molecule has 2 N–H and O–H groups in total. The second kappa shape index (κ2) is 8.96. The quantitative estimate of drug-likeness (QED) is 0.656. The first-order valence-corrected chi connectivity index (χ1v) is 9.81. The Morgan fingerprint density at radius 3 is 2.33 bits per heavy atom. The number of carbonyl (C=O) groups is 1. The van der Waals surface area contributed by atoms with E-state index in [0.29, 0.717) is 12.8 Å². The van der Waals surface area contributed by atoms with Crippen LogP contribution in [0.4, 0.5) is 0 Å². The zero-order valence-corrected chi connectivity index (χ0v) is 15.4. The molecule has 0 radical (unpaired) electrons. The van der Waals surface area contributed by atoms with Gasteiger partial charge in [0.05, 0.1) is 4.90 Å². The molecule has 0 fully saturated rings. The second-order valence-corrected chi connectivity index (χ2v) is 7.77. The van der Waals surface area contributed by atoms with Gasteiger partial charge >= 0.3 is 0 Å². The summed E-state index contributed by atoms with van der Waals surface area (Å²) in [5.74, 6) is -0.107. The fourth-order valence-electron chi connectivity index (χ4n) is 2.11. The van der Waals surface area contributed by atoms with Gasteiger partial charge < -0.3 is 5.32 Å². The number of halogens is 1. The SMILES string of the molecule is O=C(CCc1ccccc1Br)NCCNS(=O)(=O)c1ccccc1. The minimum atomic E-state index is -3.53. The van der Waals surface area contributed by atoms with E-state index in [1.165, 1.54) is 12.1 Å². The molecule has 0 aromatic heterocycles. The van der Waals surface area contributed by atoms with E-state index in [2.05, 4.69) is 26.0 Å². The summed E-state index contributed by atoms with van der Waals surface area (Å²) in [4.78, 5) is 12.0. The molecule has 0 saturated carbocycles. The third-order valence-electron chi connectivity index (χ3n) is 3.37. The van der Waals surface area contributed by atoms with Gasteiger partial charge in [-0.1, -0.05) is 52.3 Å². The Kier molecular flexibility index (Phi) is 6.96. The number of hydrogen-bond acceptors (Lipinski definition) is 3. The highest BCUT2D eigenvalue weighted by molar-refractivity contribution is 9.10. The van der Waals surface area contributed by atoms with Crippen molar-refractivity contribution in [1.29, 1.82) is 0 Å². The van der Waals surface area contributed by atoms with Crippen LogP contribution in [0.25, 0.3) is 0 Å². The third kappa shape index (κ3) is 5.74. The first-order chi connectivity index (χ1) is 11.5. The smallest absolute Gasteiger partial charge is 0.240 e. The van der Waals surface area contributed by atoms with Crippen molar-refractivity contribution in [3.8, 4) is 0 Å². The van der Waals surface area contributed by atoms with Crippen LogP contribution in [0.3, 0.4) is 0 Å². The highest BCUT2D eigenvalue weighted by Gasteiger charge is 2.12. The molecule has 0 spiro atoms. The monoisotopic (exact) mass is 410 g/mol. The van der Waals surface area contributed by atoms with Gasteiger partial charge in [0.1, 0.15) is 0 Å². The van der Waals surface area contributed by atoms with Crippen molar-refractivity contribution in [2.24, 2.45) is 0 Å². The van der Waals surface area contributed by atoms with Crippen molar-refractivity contribution >= 4 is 31.9 Å². The van der Waals surface area contributed by atoms with Gasteiger partial charge in [-0.2, -0.15) is 0 Å². The topological polar surface area (TPSA) is 75.3 Å². The number of benzene rings is 2. The van der Waals surface area contributed by atoms with E-state index < -0.39 is 10.0 Å². The number of aryl methyl sites for hydroxylation is 1. The largest absolute Gasteiger partial charge is 0.355 e. The maximum Gasteiger partial charge on any atom is 0.240 e. The summed E-state index contributed by atoms with van der Waals surface area (Å²) in [6.07, 6.45) is 0.983. The van der Waals surface area contributed by atoms with E-state index in [0.717, 1.165) is 10.0 Å². The van der Waals surface area contributed by atoms with Gasteiger partial charge in [0.2, 0.25) is 15.9 Å². The third-order valence-corrected chi connectivity index (χ3v) is 5.62. The normalized spacial score (nSPS) is 11.2. The van der Waals surface area contributed by atoms with E-state index >= 15 is 0 Å². The summed E-state index contributed by atoms with van der Waals surface area (Å²) in [5, 5.41) is 2.72. The van der Waals surface area contributed by atoms with E-state index in [9.17, 15) is 13.2 Å². The van der Waals surface area contributed by atoms with Crippen molar-refractivity contribution in [2.45, 2.75) is 17.7 Å². The van der Waals surface area contributed by atoms with Crippen LogP contribution >= 0.6 is 15.9 Å². The lowest BCUT2D eigenvalue weighted by atomic mass is 10.1. The average Bonchev–Trinajstić information content (AvgIpc) is 2.59. The molecule has 7 heteroatoms. The number of hydrogen-bond donors (Lipinski definition) is 2. The van der Waals surface area contributed by atoms with Gasteiger partial charge in [-0.05, 0) is 30.2 Å². The minimum Gasteiger partial charge on any atom is -0.355 e. The number of sulfonamides is 1. The fourth-order valence-corrected chi connectivity index (χ4v) is 3.64. The van der Waals surface area contributed by atoms with Crippen LogP contribution in [0.2, 0.25) is 0 Å². The summed E-state index contributed by atoms with van der Waals surface area (Å²) in [5.41, 5.74) is 1.07. The molecule has 0 aliphatic carbocycles. The van der Waals surface area contributed by atoms with Crippen molar-refractivity contribution in [3.63, 3.8) is 0 Å². The van der Waals surface area contributed by atoms with Crippen molar-refractivity contribution < 1.29 is 13.2 Å². The Morgan fingerprint density at radius 2 is 1.62 bits per heavy atom. The lowest BCUT2D eigenvalue weighted by Gasteiger charge is -2.08. The molecule has 1 amide bonds. The van der Waals surface area contributed by atoms with Crippen molar-refractivity contribution in [2.75, 3.05) is 13.1 Å². The summed E-state index contributed by atoms with van der Waals surface area (Å²) in [6.45, 7) is 0.402. The lowest BCUT2D eigenvalue weighted by molar-refractivity contribution is -0.121. The molecule has 2 aromatic carbocycles. The number of nitrogens with one attached hydrogen (secondary N) is 2. The molecule has 0 atom stereocenters. The van der Waals surface area contributed by atoms with Crippen LogP contribution in [0.1, 0.15) is 12.0 Å². The first-order valence-electron chi connectivity index (χ1n) is 7.54. The Morgan fingerprint density at radius 1 is 0.958 bits per heavy atom. The van der Waals surface area contributed by atoms with Crippen LogP contribution in [0, 0.1) is 0 Å². The summed E-state index contributed by atoms with van der Waals surface area (Å²) >= 11 is 3.45. The zero-order valence-electron chi connectivity index (χ0n) is 13.0. The maximum absolute atomic E-state index is 12.0. The predicted octanol–water partition coefficient (Wildman–Crippen LogP) is 2.48. The molecule has 0 aliphatic heterocycles. The molecule has 0 saturated heterocycles. The number of amides is 1. The highest BCUT2D eigenvalue weighted by Crippen LogP contribution is 2.17. The second-order valence-electron chi connectivity index (χ2n) is 5.15. The Hall–Kier alpha value is -1.70. The zero-order chi connectivity index (χ0) is 17.4. The molecule has 0 bridgehead atoms. The lowest BCUT2D eigenvalue weighted by Crippen LogP contribution is -2.34. The van der Waals surface area contributed by atoms with Crippen LogP contribution in [0.5, 0.6) is 0 Å². The van der Waals surface area contributed by atoms with Crippen LogP contribution in [-0.4, -0.2) is 27.4 Å². The maximum atomic E-state index is 12.0. The molecule has 0 unspecified atom stereocenters. The molecule has 2 rings (SSSR count). The van der Waals surface area contributed by atoms with E-state index in [4.69, 9.17) is 0 Å². The van der Waals surface area contributed by atoms with Gasteiger partial charge in [-0.25, -0.2) is 13.1 Å². The Labute approximate surface area is 150 Å².